The fourth-order valence-electron chi connectivity index (χ4n) is 0. The van der Waals surface area contributed by atoms with Crippen LogP contribution in [-0.4, -0.2) is 19.8 Å². The maximum Gasteiger partial charge on any atom is 0.145 e. The van der Waals surface area contributed by atoms with Crippen LogP contribution in [0.2, 0.25) is 0 Å². The van der Waals surface area contributed by atoms with Gasteiger partial charge in [-0.2, -0.15) is 0 Å². The van der Waals surface area contributed by atoms with Crippen LogP contribution in [0.1, 0.15) is 0 Å². The second kappa shape index (κ2) is 1.36. The topological polar surface area (TPSA) is 3.24 Å². The quantitative estimate of drug-likeness (QED) is 0.273. The maximum absolute atomic E-state index is 4.83. The fraction of sp³-hybridized carbons (Fsp3) is 0.500. The molecule has 0 aliphatic heterocycles. The molecule has 0 aromatic heterocycles. The zero-order valence-corrected chi connectivity index (χ0v) is 2.73. The van der Waals surface area contributed by atoms with Gasteiger partial charge in [-0.3, -0.25) is 7.05 Å². The van der Waals surface area contributed by atoms with E-state index in [1.165, 1.54) is 4.81 Å². The van der Waals surface area contributed by atoms with Gasteiger partial charge in [0, 0.05) is 0 Å². The Balaban J connectivity index is 2.32. The minimum absolute atomic E-state index is 1.25. The molecule has 0 N–H and O–H groups in total. The highest BCUT2D eigenvalue weighted by molar-refractivity contribution is 6.04. The molecular formula is C2H5BN-. The van der Waals surface area contributed by atoms with Gasteiger partial charge >= 0.3 is 0 Å². The Morgan fingerprint density at radius 2 is 2.00 bits per heavy atom. The second-order valence-electron chi connectivity index (χ2n) is 0.757. The molecule has 0 unspecified atom stereocenters. The van der Waals surface area contributed by atoms with Crippen molar-refractivity contribution in [3.8, 4) is 0 Å². The van der Waals surface area contributed by atoms with E-state index >= 15 is 0 Å². The lowest BCUT2D eigenvalue weighted by Crippen LogP contribution is -1.99. The molecule has 0 amide bonds. The third kappa shape index (κ3) is 3420. The zero-order valence-electron chi connectivity index (χ0n) is 2.73. The van der Waals surface area contributed by atoms with Gasteiger partial charge in [-0.05, 0) is 0 Å². The highest BCUT2D eigenvalue weighted by Crippen LogP contribution is 1.50. The average molecular weight is 53.9 g/mol. The summed E-state index contributed by atoms with van der Waals surface area (Å²) in [5.41, 5.74) is 0. The molecule has 0 heterocycles. The monoisotopic (exact) mass is 54.1 g/mol. The van der Waals surface area contributed by atoms with Crippen molar-refractivity contribution in [3.05, 3.63) is 7.05 Å². The van der Waals surface area contributed by atoms with E-state index in [0.29, 0.717) is 0 Å². The van der Waals surface area contributed by atoms with Gasteiger partial charge < -0.3 is 4.81 Å². The van der Waals surface area contributed by atoms with Crippen LogP contribution in [0, 0.1) is 7.05 Å². The predicted molar refractivity (Wildman–Crippen MR) is 18.9 cm³/mol. The van der Waals surface area contributed by atoms with Crippen LogP contribution >= 0.6 is 0 Å². The standard InChI is InChI=1S/C2H5BN/c1-4(2)3/h1H2,2H3/q-1. The van der Waals surface area contributed by atoms with Crippen LogP contribution in [0.5, 0.6) is 0 Å². The van der Waals surface area contributed by atoms with Crippen LogP contribution in [-0.2, 0) is 0 Å². The van der Waals surface area contributed by atoms with Crippen molar-refractivity contribution in [2.75, 3.05) is 7.05 Å². The first kappa shape index (κ1) is 4.02. The maximum atomic E-state index is 4.83. The van der Waals surface area contributed by atoms with Crippen molar-refractivity contribution in [2.24, 2.45) is 0 Å². The summed E-state index contributed by atoms with van der Waals surface area (Å²) in [7, 11) is 9.75. The van der Waals surface area contributed by atoms with Crippen molar-refractivity contribution < 1.29 is 0 Å². The largest absolute Gasteiger partial charge is 0.513 e. The van der Waals surface area contributed by atoms with Crippen molar-refractivity contribution in [1.29, 1.82) is 0 Å². The van der Waals surface area contributed by atoms with E-state index in [0.717, 1.165) is 0 Å². The van der Waals surface area contributed by atoms with E-state index in [1.807, 2.05) is 0 Å². The summed E-state index contributed by atoms with van der Waals surface area (Å²) >= 11 is 0. The molecule has 0 saturated carbocycles. The summed E-state index contributed by atoms with van der Waals surface area (Å²) in [6, 6.07) is 0. The number of hydrogen-bond donors (Lipinski definition) is 0. The van der Waals surface area contributed by atoms with E-state index < -0.39 is 0 Å². The van der Waals surface area contributed by atoms with Gasteiger partial charge in [0.05, 0.1) is 0 Å². The van der Waals surface area contributed by atoms with Crippen molar-refractivity contribution in [1.82, 2.24) is 4.81 Å². The third-order valence-corrected chi connectivity index (χ3v) is 0. The highest BCUT2D eigenvalue weighted by Gasteiger charge is 1.47. The Bertz CT molecular complexity index is 10.8. The molecule has 0 aromatic rings. The van der Waals surface area contributed by atoms with E-state index in [4.69, 9.17) is 7.98 Å². The van der Waals surface area contributed by atoms with Gasteiger partial charge in [-0.25, -0.2) is 0 Å². The van der Waals surface area contributed by atoms with Crippen molar-refractivity contribution >= 4 is 7.98 Å². The van der Waals surface area contributed by atoms with E-state index in [9.17, 15) is 0 Å². The molecule has 2 radical (unpaired) electrons. The summed E-state index contributed by atoms with van der Waals surface area (Å²) in [6.07, 6.45) is 0. The number of hydrogen-bond acceptors (Lipinski definition) is 1. The molecule has 2 heteroatoms. The van der Waals surface area contributed by atoms with E-state index in [1.54, 1.807) is 7.05 Å². The Morgan fingerprint density at radius 3 is 2.00 bits per heavy atom. The lowest BCUT2D eigenvalue weighted by Gasteiger charge is -2.04. The number of rotatable bonds is 0. The van der Waals surface area contributed by atoms with Crippen LogP contribution in [0.4, 0.5) is 0 Å². The first-order valence-electron chi connectivity index (χ1n) is 1.02. The lowest BCUT2D eigenvalue weighted by atomic mass is 10.4. The van der Waals surface area contributed by atoms with E-state index in [-0.39, 0.29) is 0 Å². The molecule has 0 aromatic carbocycles. The van der Waals surface area contributed by atoms with Crippen LogP contribution in [0.25, 0.3) is 0 Å². The van der Waals surface area contributed by atoms with Gasteiger partial charge in [0.15, 0.2) is 0 Å². The van der Waals surface area contributed by atoms with E-state index in [2.05, 4.69) is 7.05 Å². The predicted octanol–water partition coefficient (Wildman–Crippen LogP) is -0.207. The van der Waals surface area contributed by atoms with Crippen molar-refractivity contribution in [2.45, 2.75) is 0 Å². The Labute approximate surface area is 28.0 Å². The van der Waals surface area contributed by atoms with Gasteiger partial charge in [0.2, 0.25) is 0 Å². The van der Waals surface area contributed by atoms with Crippen LogP contribution < -0.4 is 0 Å². The summed E-state index contributed by atoms with van der Waals surface area (Å²) < 4.78 is 0. The average Bonchev–Trinajstić information content (AvgIpc) is 0.811. The molecule has 0 spiro atoms. The van der Waals surface area contributed by atoms with Gasteiger partial charge in [-0.15, -0.1) is 0 Å². The van der Waals surface area contributed by atoms with Gasteiger partial charge in [0.1, 0.15) is 7.98 Å². The molecule has 0 bridgehead atoms. The van der Waals surface area contributed by atoms with Gasteiger partial charge in [0.25, 0.3) is 0 Å². The minimum Gasteiger partial charge on any atom is -0.513 e. The molecule has 0 saturated heterocycles. The SMILES string of the molecule is [B]N([CH2-])C. The highest BCUT2D eigenvalue weighted by atomic mass is 14.9. The summed E-state index contributed by atoms with van der Waals surface area (Å²) in [4.78, 5) is 1.25. The second-order valence-corrected chi connectivity index (χ2v) is 0.757. The zero-order chi connectivity index (χ0) is 3.58. The summed E-state index contributed by atoms with van der Waals surface area (Å²) in [5, 5.41) is 0. The lowest BCUT2D eigenvalue weighted by molar-refractivity contribution is 0.743. The molecule has 22 valence electrons. The molecular weight excluding hydrogens is 48.8 g/mol. The number of nitrogens with zero attached hydrogens (tertiary/aromatic N) is 1. The smallest absolute Gasteiger partial charge is 0.145 e. The summed E-state index contributed by atoms with van der Waals surface area (Å²) in [5.74, 6) is 0. The van der Waals surface area contributed by atoms with Crippen LogP contribution in [0.3, 0.4) is 0 Å². The van der Waals surface area contributed by atoms with Crippen LogP contribution in [0.15, 0.2) is 0 Å². The molecule has 0 atom stereocenters. The molecule has 0 aliphatic rings. The summed E-state index contributed by atoms with van der Waals surface area (Å²) in [6.45, 7) is 0. The van der Waals surface area contributed by atoms with Gasteiger partial charge in [-0.1, -0.05) is 7.05 Å². The Morgan fingerprint density at radius 1 is 2.00 bits per heavy atom. The third-order valence-electron chi connectivity index (χ3n) is 0. The molecule has 0 aliphatic carbocycles. The minimum atomic E-state index is 1.25. The first-order valence-corrected chi connectivity index (χ1v) is 1.02. The first-order chi connectivity index (χ1) is 1.73. The normalized spacial score (nSPS) is 8.75. The molecule has 1 nitrogen and oxygen atoms in total. The van der Waals surface area contributed by atoms with Crippen molar-refractivity contribution in [3.63, 3.8) is 0 Å². The Hall–Kier alpha value is 0.0249. The molecule has 0 fully saturated rings. The molecule has 0 rings (SSSR count). The fourth-order valence-corrected chi connectivity index (χ4v) is 0. The molecule has 4 heavy (non-hydrogen) atoms. The Kier molecular flexibility index (Phi) is 1.36.